The molecule has 0 fully saturated rings. The lowest BCUT2D eigenvalue weighted by Gasteiger charge is -2.29. The molecule has 4 rings (SSSR count). The molecule has 2 aromatic carbocycles. The Kier molecular flexibility index (Phi) is 5.44. The van der Waals surface area contributed by atoms with Crippen LogP contribution in [0.3, 0.4) is 0 Å². The summed E-state index contributed by atoms with van der Waals surface area (Å²) in [5.41, 5.74) is 8.42. The minimum Gasteiger partial charge on any atom is -0.497 e. The van der Waals surface area contributed by atoms with Gasteiger partial charge in [0.05, 0.1) is 37.1 Å². The number of rotatable bonds is 6. The molecule has 0 saturated carbocycles. The summed E-state index contributed by atoms with van der Waals surface area (Å²) in [7, 11) is 3.28. The van der Waals surface area contributed by atoms with Gasteiger partial charge in [0.15, 0.2) is 0 Å². The van der Waals surface area contributed by atoms with Crippen molar-refractivity contribution in [3.05, 3.63) is 59.7 Å². The Balaban J connectivity index is 1.69. The average molecular weight is 435 g/mol. The second kappa shape index (κ2) is 7.97. The van der Waals surface area contributed by atoms with E-state index in [-0.39, 0.29) is 17.6 Å². The first-order chi connectivity index (χ1) is 15.2. The quantitative estimate of drug-likeness (QED) is 0.726. The van der Waals surface area contributed by atoms with Crippen molar-refractivity contribution >= 4 is 17.2 Å². The fourth-order valence-electron chi connectivity index (χ4n) is 4.59. The van der Waals surface area contributed by atoms with Crippen LogP contribution in [0, 0.1) is 0 Å². The zero-order chi connectivity index (χ0) is 23.1. The molecule has 2 atom stereocenters. The van der Waals surface area contributed by atoms with Gasteiger partial charge in [-0.25, -0.2) is 0 Å². The maximum atomic E-state index is 13.8. The molecule has 0 unspecified atom stereocenters. The lowest BCUT2D eigenvalue weighted by atomic mass is 9.74. The van der Waals surface area contributed by atoms with Gasteiger partial charge in [-0.3, -0.25) is 4.79 Å². The molecule has 2 heterocycles. The number of hydrogen-bond donors (Lipinski definition) is 2. The van der Waals surface area contributed by atoms with Crippen molar-refractivity contribution in [3.8, 4) is 11.5 Å². The zero-order valence-corrected chi connectivity index (χ0v) is 19.4. The largest absolute Gasteiger partial charge is 0.497 e. The number of nitrogens with one attached hydrogen (secondary N) is 2. The van der Waals surface area contributed by atoms with Gasteiger partial charge in [0.1, 0.15) is 22.9 Å². The van der Waals surface area contributed by atoms with E-state index in [9.17, 15) is 4.79 Å². The molecule has 0 spiro atoms. The van der Waals surface area contributed by atoms with E-state index < -0.39 is 11.1 Å². The van der Waals surface area contributed by atoms with E-state index in [1.807, 2.05) is 76.2 Å². The van der Waals surface area contributed by atoms with Gasteiger partial charge < -0.3 is 20.3 Å². The first-order valence-electron chi connectivity index (χ1n) is 10.7. The van der Waals surface area contributed by atoms with Crippen molar-refractivity contribution in [2.24, 2.45) is 10.2 Å². The van der Waals surface area contributed by atoms with Crippen LogP contribution in [0.2, 0.25) is 0 Å². The van der Waals surface area contributed by atoms with Crippen LogP contribution in [0.15, 0.2) is 58.7 Å². The number of methoxy groups -OCH3 is 2. The highest BCUT2D eigenvalue weighted by atomic mass is 16.5. The standard InChI is InChI=1S/C25H30N4O3/c1-24(2)19(15-7-11-17(31-5)12-8-15)21(26-28-24)23(30)22-20(25(3,4)29-27-22)16-9-13-18(32-6)14-10-16/h7-14,19-20,28-29H,1-6H3/t19-,20+. The molecule has 0 bridgehead atoms. The van der Waals surface area contributed by atoms with Gasteiger partial charge in [0.2, 0.25) is 5.78 Å². The molecule has 0 radical (unpaired) electrons. The smallest absolute Gasteiger partial charge is 0.226 e. The summed E-state index contributed by atoms with van der Waals surface area (Å²) in [6, 6.07) is 15.6. The monoisotopic (exact) mass is 434 g/mol. The van der Waals surface area contributed by atoms with E-state index >= 15 is 0 Å². The van der Waals surface area contributed by atoms with Crippen LogP contribution in [0.5, 0.6) is 11.5 Å². The molecular weight excluding hydrogens is 404 g/mol. The Morgan fingerprint density at radius 3 is 1.38 bits per heavy atom. The summed E-state index contributed by atoms with van der Waals surface area (Å²) in [6.45, 7) is 8.19. The van der Waals surface area contributed by atoms with Crippen molar-refractivity contribution < 1.29 is 14.3 Å². The van der Waals surface area contributed by atoms with Crippen LogP contribution in [-0.4, -0.2) is 42.5 Å². The van der Waals surface area contributed by atoms with Crippen LogP contribution >= 0.6 is 0 Å². The number of benzene rings is 2. The van der Waals surface area contributed by atoms with E-state index in [1.54, 1.807) is 14.2 Å². The number of carbonyl (C=O) groups excluding carboxylic acids is 1. The van der Waals surface area contributed by atoms with E-state index in [4.69, 9.17) is 9.47 Å². The maximum absolute atomic E-state index is 13.8. The lowest BCUT2D eigenvalue weighted by Crippen LogP contribution is -2.43. The first kappa shape index (κ1) is 21.9. The van der Waals surface area contributed by atoms with Crippen LogP contribution in [0.25, 0.3) is 0 Å². The van der Waals surface area contributed by atoms with Gasteiger partial charge in [0, 0.05) is 0 Å². The van der Waals surface area contributed by atoms with Gasteiger partial charge in [-0.1, -0.05) is 24.3 Å². The summed E-state index contributed by atoms with van der Waals surface area (Å²) >= 11 is 0. The number of carbonyl (C=O) groups is 1. The van der Waals surface area contributed by atoms with Gasteiger partial charge >= 0.3 is 0 Å². The fraction of sp³-hybridized carbons (Fsp3) is 0.400. The Bertz CT molecular complexity index is 984. The Labute approximate surface area is 188 Å². The molecule has 2 aromatic rings. The molecule has 2 aliphatic heterocycles. The van der Waals surface area contributed by atoms with Crippen molar-refractivity contribution in [2.75, 3.05) is 14.2 Å². The summed E-state index contributed by atoms with van der Waals surface area (Å²) in [6.07, 6.45) is 0. The molecule has 168 valence electrons. The highest BCUT2D eigenvalue weighted by molar-refractivity contribution is 6.69. The lowest BCUT2D eigenvalue weighted by molar-refractivity contribution is -0.107. The SMILES string of the molecule is COc1ccc([C@H]2C(C(=O)C3=NNC(C)(C)[C@@H]3c3ccc(OC)cc3)=NNC2(C)C)cc1. The zero-order valence-electron chi connectivity index (χ0n) is 19.4. The van der Waals surface area contributed by atoms with Gasteiger partial charge in [-0.05, 0) is 63.1 Å². The number of ketones is 1. The van der Waals surface area contributed by atoms with Crippen molar-refractivity contribution in [1.29, 1.82) is 0 Å². The molecule has 2 N–H and O–H groups in total. The minimum atomic E-state index is -0.419. The third-order valence-electron chi connectivity index (χ3n) is 6.28. The second-order valence-corrected chi connectivity index (χ2v) is 9.40. The van der Waals surface area contributed by atoms with Crippen molar-refractivity contribution in [3.63, 3.8) is 0 Å². The van der Waals surface area contributed by atoms with E-state index in [0.29, 0.717) is 11.4 Å². The van der Waals surface area contributed by atoms with Gasteiger partial charge in [-0.2, -0.15) is 10.2 Å². The average Bonchev–Trinajstić information content (AvgIpc) is 3.28. The summed E-state index contributed by atoms with van der Waals surface area (Å²) < 4.78 is 10.6. The number of Topliss-reactive ketones (excluding diaryl/α,β-unsaturated/α-hetero) is 1. The van der Waals surface area contributed by atoms with Crippen molar-refractivity contribution in [1.82, 2.24) is 10.9 Å². The number of hydrazone groups is 2. The molecule has 0 saturated heterocycles. The van der Waals surface area contributed by atoms with Gasteiger partial charge in [0.25, 0.3) is 0 Å². The van der Waals surface area contributed by atoms with E-state index in [0.717, 1.165) is 22.6 Å². The predicted octanol–water partition coefficient (Wildman–Crippen LogP) is 3.62. The molecule has 32 heavy (non-hydrogen) atoms. The normalized spacial score (nSPS) is 22.9. The third-order valence-corrected chi connectivity index (χ3v) is 6.28. The maximum Gasteiger partial charge on any atom is 0.226 e. The van der Waals surface area contributed by atoms with Crippen molar-refractivity contribution in [2.45, 2.75) is 50.6 Å². The summed E-state index contributed by atoms with van der Waals surface area (Å²) in [4.78, 5) is 13.8. The highest BCUT2D eigenvalue weighted by Crippen LogP contribution is 2.39. The Morgan fingerprint density at radius 1 is 0.719 bits per heavy atom. The Morgan fingerprint density at radius 2 is 1.06 bits per heavy atom. The first-order valence-corrected chi connectivity index (χ1v) is 10.7. The van der Waals surface area contributed by atoms with Crippen LogP contribution < -0.4 is 20.3 Å². The molecule has 0 aromatic heterocycles. The number of hydrogen-bond acceptors (Lipinski definition) is 7. The van der Waals surface area contributed by atoms with E-state index in [1.165, 1.54) is 0 Å². The Hall–Kier alpha value is -3.35. The van der Waals surface area contributed by atoms with Crippen LogP contribution in [-0.2, 0) is 4.79 Å². The molecular formula is C25H30N4O3. The van der Waals surface area contributed by atoms with Crippen LogP contribution in [0.1, 0.15) is 50.7 Å². The second-order valence-electron chi connectivity index (χ2n) is 9.40. The predicted molar refractivity (Wildman–Crippen MR) is 126 cm³/mol. The molecule has 7 nitrogen and oxygen atoms in total. The fourth-order valence-corrected chi connectivity index (χ4v) is 4.59. The number of ether oxygens (including phenoxy) is 2. The van der Waals surface area contributed by atoms with E-state index in [2.05, 4.69) is 21.1 Å². The summed E-state index contributed by atoms with van der Waals surface area (Å²) in [5.74, 6) is 0.955. The molecule has 0 amide bonds. The minimum absolute atomic E-state index is 0.150. The molecule has 2 aliphatic rings. The topological polar surface area (TPSA) is 84.3 Å². The third kappa shape index (κ3) is 3.72. The molecule has 7 heteroatoms. The van der Waals surface area contributed by atoms with Crippen LogP contribution in [0.4, 0.5) is 0 Å². The summed E-state index contributed by atoms with van der Waals surface area (Å²) in [5, 5.41) is 8.99. The number of nitrogens with zero attached hydrogens (tertiary/aromatic N) is 2. The highest BCUT2D eigenvalue weighted by Gasteiger charge is 2.48. The molecule has 0 aliphatic carbocycles. The van der Waals surface area contributed by atoms with Gasteiger partial charge in [-0.15, -0.1) is 0 Å².